The number of hydrogen-bond donors (Lipinski definition) is 12. The van der Waals surface area contributed by atoms with Gasteiger partial charge in [-0.3, -0.25) is 4.55 Å². The number of carbonyl (C=O) groups excluding carboxylic acids is 1. The second kappa shape index (κ2) is 19.9. The number of carbonyl (C=O) groups is 1. The molecule has 0 aromatic carbocycles. The summed E-state index contributed by atoms with van der Waals surface area (Å²) in [4.78, 5) is 12.6. The largest absolute Gasteiger partial charge is 0.549 e. The Kier molecular flexibility index (Phi) is 15.5. The summed E-state index contributed by atoms with van der Waals surface area (Å²) in [5.41, 5.74) is -3.06. The molecule has 3 saturated carbocycles. The molecule has 0 spiro atoms. The molecule has 0 aromatic rings. The number of ether oxygens (including phenoxy) is 6. The smallest absolute Gasteiger partial charge is 0.397 e. The molecule has 0 aromatic heterocycles. The van der Waals surface area contributed by atoms with E-state index < -0.39 is 173 Å². The molecule has 3 aliphatic heterocycles. The van der Waals surface area contributed by atoms with Crippen LogP contribution < -0.4 is 5.11 Å². The van der Waals surface area contributed by atoms with E-state index in [2.05, 4.69) is 37.1 Å². The Balaban J connectivity index is 1.12. The second-order valence-electron chi connectivity index (χ2n) is 23.2. The molecule has 0 radical (unpaired) electrons. The van der Waals surface area contributed by atoms with Crippen molar-refractivity contribution >= 4 is 16.4 Å². The summed E-state index contributed by atoms with van der Waals surface area (Å²) in [6.45, 7) is 9.03. The van der Waals surface area contributed by atoms with Gasteiger partial charge in [0.05, 0.1) is 50.7 Å². The number of allylic oxidation sites excluding steroid dienone is 3. The van der Waals surface area contributed by atoms with E-state index in [-0.39, 0.29) is 31.3 Å². The lowest BCUT2D eigenvalue weighted by Crippen LogP contribution is -2.68. The lowest BCUT2D eigenvalue weighted by atomic mass is 9.35. The Bertz CT molecular complexity index is 2180. The van der Waals surface area contributed by atoms with Crippen molar-refractivity contribution in [3.63, 3.8) is 0 Å². The fourth-order valence-electron chi connectivity index (χ4n) is 14.7. The van der Waals surface area contributed by atoms with Crippen molar-refractivity contribution in [2.45, 2.75) is 197 Å². The molecule has 412 valence electrons. The molecule has 72 heavy (non-hydrogen) atoms. The van der Waals surface area contributed by atoms with Gasteiger partial charge in [-0.2, -0.15) is 8.42 Å². The maximum Gasteiger partial charge on any atom is 0.397 e. The second-order valence-corrected chi connectivity index (χ2v) is 24.3. The minimum Gasteiger partial charge on any atom is -0.549 e. The van der Waals surface area contributed by atoms with Crippen molar-refractivity contribution in [3.05, 3.63) is 23.3 Å². The van der Waals surface area contributed by atoms with Crippen LogP contribution in [0.25, 0.3) is 0 Å². The van der Waals surface area contributed by atoms with E-state index in [4.69, 9.17) is 28.4 Å². The zero-order valence-electron chi connectivity index (χ0n) is 41.4. The zero-order valence-corrected chi connectivity index (χ0v) is 42.2. The molecule has 0 unspecified atom stereocenters. The van der Waals surface area contributed by atoms with Crippen LogP contribution in [0.15, 0.2) is 23.3 Å². The first-order valence-corrected chi connectivity index (χ1v) is 26.3. The predicted molar refractivity (Wildman–Crippen MR) is 241 cm³/mol. The SMILES string of the molecule is C[C@H]1O[C@@H](O[C@H]2CC[C@@]3(C)[C@@H](CC[C@]4(C)[C@@H]3C=CC3=C5C[C@@](CO)(C(=O)[O-])CC[C@]5(C)[C@H](O)C[C@]34C)[C@]2(C)CO)[C@H](O[C@@H]2O[C@H](CO)[C@@H](O)[C@H](O)[C@H]2O)[C@@H](O[C@@H]2O[C@H](CO)[C@@H](OS(=O)(=O)O)[C@H](O)[C@H]2O)[C@H]1O. The molecular formula is C48H75O23S-. The average Bonchev–Trinajstić information content (AvgIpc) is 3.32. The molecule has 25 atom stereocenters. The molecule has 12 N–H and O–H groups in total. The maximum absolute atomic E-state index is 12.6. The van der Waals surface area contributed by atoms with E-state index in [9.17, 15) is 79.0 Å². The van der Waals surface area contributed by atoms with Gasteiger partial charge < -0.3 is 94.5 Å². The molecule has 8 rings (SSSR count). The molecular weight excluding hydrogens is 977 g/mol. The van der Waals surface area contributed by atoms with Crippen LogP contribution >= 0.6 is 0 Å². The quantitative estimate of drug-likeness (QED) is 0.0649. The predicted octanol–water partition coefficient (Wildman–Crippen LogP) is -2.94. The number of hydrogen-bond acceptors (Lipinski definition) is 22. The molecule has 3 heterocycles. The summed E-state index contributed by atoms with van der Waals surface area (Å²) in [5, 5.41) is 133. The highest BCUT2D eigenvalue weighted by molar-refractivity contribution is 7.80. The minimum atomic E-state index is -5.25. The molecule has 8 aliphatic rings. The number of aliphatic hydroxyl groups is 11. The van der Waals surface area contributed by atoms with Crippen molar-refractivity contribution in [1.29, 1.82) is 0 Å². The van der Waals surface area contributed by atoms with Gasteiger partial charge in [0.25, 0.3) is 0 Å². The summed E-state index contributed by atoms with van der Waals surface area (Å²) in [6.07, 6.45) is -21.5. The number of rotatable bonds is 13. The number of aliphatic hydroxyl groups excluding tert-OH is 11. The van der Waals surface area contributed by atoms with Crippen LogP contribution in [0.2, 0.25) is 0 Å². The zero-order chi connectivity index (χ0) is 53.1. The van der Waals surface area contributed by atoms with Crippen molar-refractivity contribution in [1.82, 2.24) is 0 Å². The number of aliphatic carboxylic acids is 1. The average molecular weight is 1050 g/mol. The van der Waals surface area contributed by atoms with E-state index >= 15 is 0 Å². The highest BCUT2D eigenvalue weighted by Gasteiger charge is 2.69. The van der Waals surface area contributed by atoms with Gasteiger partial charge in [0.2, 0.25) is 0 Å². The van der Waals surface area contributed by atoms with Gasteiger partial charge in [0.15, 0.2) is 18.9 Å². The first-order valence-electron chi connectivity index (χ1n) is 25.0. The van der Waals surface area contributed by atoms with E-state index in [1.807, 2.05) is 13.8 Å². The Morgan fingerprint density at radius 2 is 1.35 bits per heavy atom. The van der Waals surface area contributed by atoms with Crippen molar-refractivity contribution < 1.29 is 112 Å². The fourth-order valence-corrected chi connectivity index (χ4v) is 15.3. The van der Waals surface area contributed by atoms with Gasteiger partial charge in [-0.15, -0.1) is 0 Å². The highest BCUT2D eigenvalue weighted by atomic mass is 32.3. The Morgan fingerprint density at radius 3 is 1.94 bits per heavy atom. The lowest BCUT2D eigenvalue weighted by molar-refractivity contribution is -0.397. The third-order valence-electron chi connectivity index (χ3n) is 19.5. The minimum absolute atomic E-state index is 0.0502. The van der Waals surface area contributed by atoms with Crippen molar-refractivity contribution in [2.75, 3.05) is 26.4 Å². The van der Waals surface area contributed by atoms with E-state index in [0.29, 0.717) is 38.5 Å². The number of carboxylic acids is 1. The van der Waals surface area contributed by atoms with E-state index in [1.165, 1.54) is 6.92 Å². The monoisotopic (exact) mass is 1050 g/mol. The Morgan fingerprint density at radius 1 is 0.722 bits per heavy atom. The van der Waals surface area contributed by atoms with Gasteiger partial charge in [0.1, 0.15) is 67.1 Å². The summed E-state index contributed by atoms with van der Waals surface area (Å²) < 4.78 is 73.9. The standard InChI is InChI=1S/C48H76O23S/c1-21-30(54)37(69-40-35(59)33(57)36(25(18-50)67-40)71-72(62,63)64)38(70-39-34(58)32(56)31(55)24(17-49)66-39)41(65-21)68-29-10-11-44(3)26(45(29,4)19-51)9-12-46(5)27(44)8-7-22-23-15-48(20-52,42(60)61)14-13-43(23,2)28(53)16-47(22,46)6/h7-8,21,24-41,49-59H,9-20H2,1-6H3,(H,60,61)(H,62,63,64)/p-1/t21-,24-,25-,26-,27-,28-,29+,30+,31-,32+,33-,34-,35-,36-,37+,38-,39+,40+,41+,43+,44+,45+,46-,47-,48+/m1/s1. The summed E-state index contributed by atoms with van der Waals surface area (Å²) in [6, 6.07) is 0. The van der Waals surface area contributed by atoms with Crippen LogP contribution in [-0.4, -0.2) is 206 Å². The molecule has 23 nitrogen and oxygen atoms in total. The molecule has 0 amide bonds. The van der Waals surface area contributed by atoms with Gasteiger partial charge in [0, 0.05) is 21.7 Å². The number of carboxylic acid groups (broad SMARTS) is 1. The van der Waals surface area contributed by atoms with E-state index in [1.54, 1.807) is 0 Å². The van der Waals surface area contributed by atoms with Crippen LogP contribution in [0.1, 0.15) is 92.9 Å². The van der Waals surface area contributed by atoms with Gasteiger partial charge in [-0.1, -0.05) is 52.3 Å². The molecule has 6 fully saturated rings. The van der Waals surface area contributed by atoms with Crippen molar-refractivity contribution in [3.8, 4) is 0 Å². The van der Waals surface area contributed by atoms with E-state index in [0.717, 1.165) is 11.1 Å². The van der Waals surface area contributed by atoms with Crippen LogP contribution in [-0.2, 0) is 47.8 Å². The molecule has 5 aliphatic carbocycles. The van der Waals surface area contributed by atoms with Gasteiger partial charge in [-0.25, -0.2) is 4.18 Å². The summed E-state index contributed by atoms with van der Waals surface area (Å²) in [5.74, 6) is -1.69. The molecule has 24 heteroatoms. The summed E-state index contributed by atoms with van der Waals surface area (Å²) in [7, 11) is -5.25. The third-order valence-corrected chi connectivity index (χ3v) is 20.0. The summed E-state index contributed by atoms with van der Waals surface area (Å²) >= 11 is 0. The molecule has 3 saturated heterocycles. The van der Waals surface area contributed by atoms with Crippen LogP contribution in [0.3, 0.4) is 0 Å². The lowest BCUT2D eigenvalue weighted by Gasteiger charge is -2.70. The first kappa shape index (κ1) is 56.3. The number of fused-ring (bicyclic) bond motifs is 6. The maximum atomic E-state index is 12.6. The fraction of sp³-hybridized carbons (Fsp3) is 0.896. The Hall–Kier alpha value is -1.86. The molecule has 0 bridgehead atoms. The van der Waals surface area contributed by atoms with Crippen LogP contribution in [0.4, 0.5) is 0 Å². The van der Waals surface area contributed by atoms with Crippen LogP contribution in [0.5, 0.6) is 0 Å². The van der Waals surface area contributed by atoms with Crippen molar-refractivity contribution in [2.24, 2.45) is 44.3 Å². The Labute approximate surface area is 418 Å². The third kappa shape index (κ3) is 8.87. The van der Waals surface area contributed by atoms with Crippen LogP contribution in [0, 0.1) is 44.3 Å². The van der Waals surface area contributed by atoms with Gasteiger partial charge in [-0.05, 0) is 86.5 Å². The highest BCUT2D eigenvalue weighted by Crippen LogP contribution is 2.74. The normalized spacial score (nSPS) is 52.7. The first-order chi connectivity index (χ1) is 33.5. The van der Waals surface area contributed by atoms with Gasteiger partial charge >= 0.3 is 10.4 Å². The topological polar surface area (TPSA) is 382 Å².